The van der Waals surface area contributed by atoms with E-state index >= 15 is 0 Å². The molecule has 0 aromatic carbocycles. The van der Waals surface area contributed by atoms with Crippen LogP contribution in [0.5, 0.6) is 0 Å². The first-order valence-corrected chi connectivity index (χ1v) is 5.59. The Morgan fingerprint density at radius 1 is 1.53 bits per heavy atom. The standard InChI is InChI=1S/C11H18N2O2/c1-11(2)6-7(11)9(14)13-8-4-3-5-12-10(8)15/h7-8H,3-6H2,1-2H3,(H,12,15)(H,13,14)/t7-,8+/m1/s1. The first kappa shape index (κ1) is 10.5. The summed E-state index contributed by atoms with van der Waals surface area (Å²) in [6.07, 6.45) is 2.66. The van der Waals surface area contributed by atoms with Gasteiger partial charge in [-0.2, -0.15) is 0 Å². The van der Waals surface area contributed by atoms with E-state index in [9.17, 15) is 9.59 Å². The number of hydrogen-bond donors (Lipinski definition) is 2. The Morgan fingerprint density at radius 2 is 2.20 bits per heavy atom. The van der Waals surface area contributed by atoms with Crippen molar-refractivity contribution in [1.82, 2.24) is 10.6 Å². The maximum Gasteiger partial charge on any atom is 0.242 e. The predicted octanol–water partition coefficient (Wildman–Crippen LogP) is 0.427. The molecule has 0 radical (unpaired) electrons. The van der Waals surface area contributed by atoms with Crippen LogP contribution in [0.3, 0.4) is 0 Å². The Bertz CT molecular complexity index is 299. The van der Waals surface area contributed by atoms with Gasteiger partial charge in [-0.3, -0.25) is 9.59 Å². The van der Waals surface area contributed by atoms with E-state index in [2.05, 4.69) is 24.5 Å². The van der Waals surface area contributed by atoms with Crippen molar-refractivity contribution in [2.75, 3.05) is 6.54 Å². The van der Waals surface area contributed by atoms with E-state index < -0.39 is 0 Å². The topological polar surface area (TPSA) is 58.2 Å². The van der Waals surface area contributed by atoms with Crippen LogP contribution in [-0.2, 0) is 9.59 Å². The molecule has 0 spiro atoms. The minimum absolute atomic E-state index is 0.0342. The van der Waals surface area contributed by atoms with Gasteiger partial charge in [-0.05, 0) is 24.7 Å². The molecule has 1 aliphatic carbocycles. The fourth-order valence-electron chi connectivity index (χ4n) is 2.10. The molecule has 2 N–H and O–H groups in total. The van der Waals surface area contributed by atoms with Crippen molar-refractivity contribution < 1.29 is 9.59 Å². The molecule has 1 saturated heterocycles. The van der Waals surface area contributed by atoms with E-state index in [1.54, 1.807) is 0 Å². The van der Waals surface area contributed by atoms with Crippen molar-refractivity contribution in [2.45, 2.75) is 39.2 Å². The van der Waals surface area contributed by atoms with Crippen LogP contribution in [0, 0.1) is 11.3 Å². The summed E-state index contributed by atoms with van der Waals surface area (Å²) >= 11 is 0. The lowest BCUT2D eigenvalue weighted by atomic mass is 10.1. The average Bonchev–Trinajstić information content (AvgIpc) is 2.79. The van der Waals surface area contributed by atoms with Crippen LogP contribution >= 0.6 is 0 Å². The Balaban J connectivity index is 1.86. The van der Waals surface area contributed by atoms with Gasteiger partial charge in [-0.25, -0.2) is 0 Å². The Hall–Kier alpha value is -1.06. The minimum Gasteiger partial charge on any atom is -0.354 e. The van der Waals surface area contributed by atoms with Crippen molar-refractivity contribution in [1.29, 1.82) is 0 Å². The molecule has 2 fully saturated rings. The Kier molecular flexibility index (Phi) is 2.44. The first-order chi connectivity index (χ1) is 7.00. The van der Waals surface area contributed by atoms with Crippen LogP contribution in [0.2, 0.25) is 0 Å². The normalized spacial score (nSPS) is 33.1. The summed E-state index contributed by atoms with van der Waals surface area (Å²) in [5.74, 6) is 0.113. The van der Waals surface area contributed by atoms with Crippen molar-refractivity contribution >= 4 is 11.8 Å². The zero-order chi connectivity index (χ0) is 11.1. The van der Waals surface area contributed by atoms with Crippen molar-refractivity contribution in [2.24, 2.45) is 11.3 Å². The molecule has 84 valence electrons. The second-order valence-electron chi connectivity index (χ2n) is 5.24. The summed E-state index contributed by atoms with van der Waals surface area (Å²) in [6.45, 7) is 4.90. The summed E-state index contributed by atoms with van der Waals surface area (Å²) in [7, 11) is 0. The third kappa shape index (κ3) is 2.13. The highest BCUT2D eigenvalue weighted by atomic mass is 16.2. The van der Waals surface area contributed by atoms with E-state index in [-0.39, 0.29) is 29.2 Å². The highest BCUT2D eigenvalue weighted by Crippen LogP contribution is 2.51. The van der Waals surface area contributed by atoms with Crippen LogP contribution in [0.1, 0.15) is 33.1 Å². The summed E-state index contributed by atoms with van der Waals surface area (Å²) in [5.41, 5.74) is 0.134. The largest absolute Gasteiger partial charge is 0.354 e. The molecule has 0 aromatic heterocycles. The molecule has 0 unspecified atom stereocenters. The average molecular weight is 210 g/mol. The number of rotatable bonds is 2. The summed E-state index contributed by atoms with van der Waals surface area (Å²) in [6, 6.07) is -0.303. The van der Waals surface area contributed by atoms with E-state index in [1.807, 2.05) is 0 Å². The van der Waals surface area contributed by atoms with Gasteiger partial charge in [0.2, 0.25) is 11.8 Å². The lowest BCUT2D eigenvalue weighted by molar-refractivity contribution is -0.131. The van der Waals surface area contributed by atoms with Gasteiger partial charge < -0.3 is 10.6 Å². The molecule has 2 atom stereocenters. The lowest BCUT2D eigenvalue weighted by Gasteiger charge is -2.23. The first-order valence-electron chi connectivity index (χ1n) is 5.59. The molecule has 4 heteroatoms. The number of carbonyl (C=O) groups is 2. The number of piperidine rings is 1. The fourth-order valence-corrected chi connectivity index (χ4v) is 2.10. The smallest absolute Gasteiger partial charge is 0.242 e. The molecular weight excluding hydrogens is 192 g/mol. The van der Waals surface area contributed by atoms with E-state index in [0.717, 1.165) is 25.8 Å². The van der Waals surface area contributed by atoms with E-state index in [4.69, 9.17) is 0 Å². The van der Waals surface area contributed by atoms with Gasteiger partial charge in [0, 0.05) is 12.5 Å². The molecule has 0 aromatic rings. The molecule has 2 aliphatic rings. The molecule has 1 saturated carbocycles. The van der Waals surface area contributed by atoms with Crippen LogP contribution in [-0.4, -0.2) is 24.4 Å². The number of amides is 2. The van der Waals surface area contributed by atoms with Gasteiger partial charge in [0.1, 0.15) is 6.04 Å². The second-order valence-corrected chi connectivity index (χ2v) is 5.24. The monoisotopic (exact) mass is 210 g/mol. The Labute approximate surface area is 89.8 Å². The third-order valence-electron chi connectivity index (χ3n) is 3.43. The molecule has 1 heterocycles. The number of carbonyl (C=O) groups excluding carboxylic acids is 2. The van der Waals surface area contributed by atoms with Crippen molar-refractivity contribution in [3.05, 3.63) is 0 Å². The lowest BCUT2D eigenvalue weighted by Crippen LogP contribution is -2.50. The molecule has 2 amide bonds. The minimum atomic E-state index is -0.303. The van der Waals surface area contributed by atoms with Crippen LogP contribution in [0.4, 0.5) is 0 Å². The third-order valence-corrected chi connectivity index (χ3v) is 3.43. The maximum atomic E-state index is 11.7. The Morgan fingerprint density at radius 3 is 2.73 bits per heavy atom. The molecule has 15 heavy (non-hydrogen) atoms. The quantitative estimate of drug-likeness (QED) is 0.694. The van der Waals surface area contributed by atoms with Crippen LogP contribution in [0.15, 0.2) is 0 Å². The van der Waals surface area contributed by atoms with Gasteiger partial charge in [0.25, 0.3) is 0 Å². The second kappa shape index (κ2) is 3.51. The van der Waals surface area contributed by atoms with Crippen LogP contribution in [0.25, 0.3) is 0 Å². The SMILES string of the molecule is CC1(C)C[C@@H]1C(=O)N[C@H]1CCCNC1=O. The maximum absolute atomic E-state index is 11.7. The van der Waals surface area contributed by atoms with Gasteiger partial charge in [-0.15, -0.1) is 0 Å². The zero-order valence-corrected chi connectivity index (χ0v) is 9.30. The van der Waals surface area contributed by atoms with Gasteiger partial charge in [0.15, 0.2) is 0 Å². The highest BCUT2D eigenvalue weighted by molar-refractivity contribution is 5.90. The van der Waals surface area contributed by atoms with Gasteiger partial charge in [0.05, 0.1) is 0 Å². The summed E-state index contributed by atoms with van der Waals surface area (Å²) < 4.78 is 0. The zero-order valence-electron chi connectivity index (χ0n) is 9.30. The van der Waals surface area contributed by atoms with Crippen molar-refractivity contribution in [3.63, 3.8) is 0 Å². The van der Waals surface area contributed by atoms with Crippen LogP contribution < -0.4 is 10.6 Å². The number of nitrogens with one attached hydrogen (secondary N) is 2. The molecule has 4 nitrogen and oxygen atoms in total. The summed E-state index contributed by atoms with van der Waals surface area (Å²) in [5, 5.41) is 5.60. The fraction of sp³-hybridized carbons (Fsp3) is 0.818. The summed E-state index contributed by atoms with van der Waals surface area (Å²) in [4.78, 5) is 23.2. The van der Waals surface area contributed by atoms with Crippen molar-refractivity contribution in [3.8, 4) is 0 Å². The molecular formula is C11H18N2O2. The molecule has 2 rings (SSSR count). The van der Waals surface area contributed by atoms with Gasteiger partial charge in [-0.1, -0.05) is 13.8 Å². The van der Waals surface area contributed by atoms with E-state index in [1.165, 1.54) is 0 Å². The molecule has 1 aliphatic heterocycles. The van der Waals surface area contributed by atoms with E-state index in [0.29, 0.717) is 0 Å². The van der Waals surface area contributed by atoms with Gasteiger partial charge >= 0.3 is 0 Å². The predicted molar refractivity (Wildman–Crippen MR) is 56.1 cm³/mol. The highest BCUT2D eigenvalue weighted by Gasteiger charge is 2.51. The number of hydrogen-bond acceptors (Lipinski definition) is 2. The molecule has 0 bridgehead atoms.